The molecule has 0 spiro atoms. The van der Waals surface area contributed by atoms with Gasteiger partial charge in [0, 0.05) is 24.0 Å². The lowest BCUT2D eigenvalue weighted by Gasteiger charge is -2.30. The van der Waals surface area contributed by atoms with Crippen LogP contribution < -0.4 is 15.0 Å². The number of ether oxygens (including phenoxy) is 2. The topological polar surface area (TPSA) is 83.5 Å². The van der Waals surface area contributed by atoms with Crippen LogP contribution in [-0.4, -0.2) is 37.4 Å². The maximum atomic E-state index is 13.3. The number of hydrogen-bond donors (Lipinski definition) is 0. The molecule has 3 aromatic heterocycles. The van der Waals surface area contributed by atoms with Gasteiger partial charge in [-0.3, -0.25) is 4.79 Å². The second kappa shape index (κ2) is 7.08. The van der Waals surface area contributed by atoms with Gasteiger partial charge in [0.15, 0.2) is 17.3 Å². The fraction of sp³-hybridized carbons (Fsp3) is 0.391. The Hall–Kier alpha value is -3.42. The van der Waals surface area contributed by atoms with E-state index in [1.165, 1.54) is 12.8 Å². The van der Waals surface area contributed by atoms with Gasteiger partial charge in [-0.15, -0.1) is 5.10 Å². The number of fused-ring (bicyclic) bond motifs is 4. The molecule has 0 amide bonds. The van der Waals surface area contributed by atoms with Crippen molar-refractivity contribution in [3.05, 3.63) is 47.0 Å². The van der Waals surface area contributed by atoms with Gasteiger partial charge in [-0.05, 0) is 43.0 Å². The summed E-state index contributed by atoms with van der Waals surface area (Å²) in [5.74, 6) is 2.89. The molecule has 0 saturated heterocycles. The molecule has 0 bridgehead atoms. The monoisotopic (exact) mass is 417 g/mol. The fourth-order valence-electron chi connectivity index (χ4n) is 4.81. The summed E-state index contributed by atoms with van der Waals surface area (Å²) in [4.78, 5) is 22.3. The molecule has 4 aromatic rings. The largest absolute Gasteiger partial charge is 0.486 e. The van der Waals surface area contributed by atoms with Gasteiger partial charge in [0.2, 0.25) is 0 Å². The molecule has 1 aromatic carbocycles. The van der Waals surface area contributed by atoms with E-state index in [9.17, 15) is 4.79 Å². The van der Waals surface area contributed by atoms with Crippen LogP contribution >= 0.6 is 0 Å². The Morgan fingerprint density at radius 3 is 2.77 bits per heavy atom. The van der Waals surface area contributed by atoms with Gasteiger partial charge in [-0.1, -0.05) is 19.8 Å². The lowest BCUT2D eigenvalue weighted by atomic mass is 9.85. The van der Waals surface area contributed by atoms with Gasteiger partial charge >= 0.3 is 0 Å². The Balaban J connectivity index is 1.46. The Morgan fingerprint density at radius 1 is 1.06 bits per heavy atom. The number of benzene rings is 1. The minimum Gasteiger partial charge on any atom is -0.486 e. The first-order chi connectivity index (χ1) is 15.2. The van der Waals surface area contributed by atoms with Crippen molar-refractivity contribution in [1.29, 1.82) is 0 Å². The molecule has 8 heteroatoms. The maximum absolute atomic E-state index is 13.3. The molecular weight excluding hydrogens is 394 g/mol. The van der Waals surface area contributed by atoms with E-state index in [-0.39, 0.29) is 11.6 Å². The van der Waals surface area contributed by atoms with Gasteiger partial charge in [0.1, 0.15) is 13.2 Å². The number of rotatable bonds is 2. The van der Waals surface area contributed by atoms with E-state index < -0.39 is 0 Å². The van der Waals surface area contributed by atoms with Gasteiger partial charge in [0.05, 0.1) is 10.9 Å². The highest BCUT2D eigenvalue weighted by Crippen LogP contribution is 2.34. The van der Waals surface area contributed by atoms with Crippen molar-refractivity contribution in [3.8, 4) is 22.9 Å². The summed E-state index contributed by atoms with van der Waals surface area (Å²) in [6.07, 6.45) is 8.14. The van der Waals surface area contributed by atoms with Crippen LogP contribution in [0.1, 0.15) is 38.6 Å². The third-order valence-corrected chi connectivity index (χ3v) is 6.49. The van der Waals surface area contributed by atoms with Crippen molar-refractivity contribution in [2.45, 2.75) is 38.6 Å². The summed E-state index contributed by atoms with van der Waals surface area (Å²) in [6.45, 7) is 3.30. The Kier molecular flexibility index (Phi) is 4.19. The number of hydrogen-bond acceptors (Lipinski definition) is 6. The van der Waals surface area contributed by atoms with Crippen molar-refractivity contribution in [1.82, 2.24) is 24.1 Å². The van der Waals surface area contributed by atoms with Gasteiger partial charge in [-0.2, -0.15) is 9.50 Å². The summed E-state index contributed by atoms with van der Waals surface area (Å²) < 4.78 is 14.8. The first-order valence-corrected chi connectivity index (χ1v) is 10.9. The quantitative estimate of drug-likeness (QED) is 0.495. The van der Waals surface area contributed by atoms with Gasteiger partial charge in [-0.25, -0.2) is 4.98 Å². The first-order valence-electron chi connectivity index (χ1n) is 10.9. The molecule has 158 valence electrons. The summed E-state index contributed by atoms with van der Waals surface area (Å²) in [6, 6.07) is 7.84. The average Bonchev–Trinajstić information content (AvgIpc) is 3.25. The standard InChI is InChI=1S/C23H23N5O3/c1-14-4-2-3-5-17(14)27-9-8-18-16(22(27)29)13-24-23-25-21(26-28(18)23)15-6-7-19-20(12-15)31-11-10-30-19/h6-9,12-14,17H,2-5,10-11H2,1H3. The average molecular weight is 417 g/mol. The van der Waals surface area contributed by atoms with E-state index in [0.29, 0.717) is 47.4 Å². The van der Waals surface area contributed by atoms with Crippen molar-refractivity contribution in [2.75, 3.05) is 13.2 Å². The van der Waals surface area contributed by atoms with Crippen molar-refractivity contribution < 1.29 is 9.47 Å². The molecule has 6 rings (SSSR count). The van der Waals surface area contributed by atoms with Crippen LogP contribution in [0, 0.1) is 5.92 Å². The van der Waals surface area contributed by atoms with Crippen LogP contribution in [0.4, 0.5) is 0 Å². The van der Waals surface area contributed by atoms with E-state index in [4.69, 9.17) is 9.47 Å². The van der Waals surface area contributed by atoms with Crippen LogP contribution in [0.15, 0.2) is 41.5 Å². The van der Waals surface area contributed by atoms with Crippen LogP contribution in [-0.2, 0) is 0 Å². The highest BCUT2D eigenvalue weighted by molar-refractivity contribution is 5.79. The van der Waals surface area contributed by atoms with Crippen LogP contribution in [0.5, 0.6) is 11.5 Å². The first kappa shape index (κ1) is 18.4. The third kappa shape index (κ3) is 2.97. The molecule has 31 heavy (non-hydrogen) atoms. The molecule has 4 heterocycles. The van der Waals surface area contributed by atoms with Crippen molar-refractivity contribution in [3.63, 3.8) is 0 Å². The molecule has 2 unspecified atom stereocenters. The highest BCUT2D eigenvalue weighted by atomic mass is 16.6. The molecular formula is C23H23N5O3. The van der Waals surface area contributed by atoms with Crippen LogP contribution in [0.2, 0.25) is 0 Å². The Morgan fingerprint density at radius 2 is 1.90 bits per heavy atom. The highest BCUT2D eigenvalue weighted by Gasteiger charge is 2.24. The smallest absolute Gasteiger partial charge is 0.261 e. The molecule has 1 fully saturated rings. The summed E-state index contributed by atoms with van der Waals surface area (Å²) >= 11 is 0. The Bertz CT molecular complexity index is 1360. The third-order valence-electron chi connectivity index (χ3n) is 6.49. The molecule has 0 N–H and O–H groups in total. The normalized spacial score (nSPS) is 20.9. The SMILES string of the molecule is CC1CCCCC1n1ccc2c(cnc3nc(-c4ccc5c(c4)OCCO5)nn32)c1=O. The summed E-state index contributed by atoms with van der Waals surface area (Å²) in [5, 5.41) is 5.22. The number of nitrogens with zero attached hydrogens (tertiary/aromatic N) is 5. The lowest BCUT2D eigenvalue weighted by molar-refractivity contribution is 0.171. The molecule has 1 aliphatic carbocycles. The van der Waals surface area contributed by atoms with Crippen LogP contribution in [0.3, 0.4) is 0 Å². The van der Waals surface area contributed by atoms with E-state index in [1.807, 2.05) is 35.0 Å². The van der Waals surface area contributed by atoms with Gasteiger partial charge < -0.3 is 14.0 Å². The predicted molar refractivity (Wildman–Crippen MR) is 116 cm³/mol. The zero-order chi connectivity index (χ0) is 20.9. The zero-order valence-electron chi connectivity index (χ0n) is 17.3. The lowest BCUT2D eigenvalue weighted by Crippen LogP contribution is -2.30. The number of pyridine rings is 1. The van der Waals surface area contributed by atoms with Gasteiger partial charge in [0.25, 0.3) is 11.3 Å². The van der Waals surface area contributed by atoms with Crippen LogP contribution in [0.25, 0.3) is 28.1 Å². The second-order valence-electron chi connectivity index (χ2n) is 8.42. The molecule has 0 radical (unpaired) electrons. The summed E-state index contributed by atoms with van der Waals surface area (Å²) in [5.41, 5.74) is 1.51. The van der Waals surface area contributed by atoms with Crippen molar-refractivity contribution >= 4 is 16.7 Å². The van der Waals surface area contributed by atoms with E-state index in [0.717, 1.165) is 24.2 Å². The van der Waals surface area contributed by atoms with Crippen molar-refractivity contribution in [2.24, 2.45) is 5.92 Å². The molecule has 8 nitrogen and oxygen atoms in total. The molecule has 1 aliphatic heterocycles. The zero-order valence-corrected chi connectivity index (χ0v) is 17.3. The fourth-order valence-corrected chi connectivity index (χ4v) is 4.81. The minimum atomic E-state index is -0.0120. The minimum absolute atomic E-state index is 0.0120. The summed E-state index contributed by atoms with van der Waals surface area (Å²) in [7, 11) is 0. The molecule has 2 aliphatic rings. The molecule has 2 atom stereocenters. The van der Waals surface area contributed by atoms with E-state index in [1.54, 1.807) is 10.7 Å². The second-order valence-corrected chi connectivity index (χ2v) is 8.42. The Labute approximate surface area is 178 Å². The van der Waals surface area contributed by atoms with E-state index >= 15 is 0 Å². The molecule has 1 saturated carbocycles. The number of aromatic nitrogens is 5. The van der Waals surface area contributed by atoms with E-state index in [2.05, 4.69) is 22.0 Å². The maximum Gasteiger partial charge on any atom is 0.261 e. The predicted octanol–water partition coefficient (Wildman–Crippen LogP) is 3.63.